The van der Waals surface area contributed by atoms with Crippen LogP contribution in [0.2, 0.25) is 0 Å². The van der Waals surface area contributed by atoms with Crippen LogP contribution in [0.5, 0.6) is 0 Å². The Morgan fingerprint density at radius 3 is 1.29 bits per heavy atom. The van der Waals surface area contributed by atoms with Gasteiger partial charge in [0.25, 0.3) is 0 Å². The Balaban J connectivity index is 6.00. The summed E-state index contributed by atoms with van der Waals surface area (Å²) in [5, 5.41) is 20.1. The van der Waals surface area contributed by atoms with Crippen molar-refractivity contribution in [2.75, 3.05) is 0 Å². The highest BCUT2D eigenvalue weighted by Crippen LogP contribution is 2.57. The van der Waals surface area contributed by atoms with Crippen molar-refractivity contribution >= 4 is 11.9 Å². The van der Waals surface area contributed by atoms with Crippen molar-refractivity contribution in [3.8, 4) is 0 Å². The van der Waals surface area contributed by atoms with Crippen LogP contribution in [-0.2, 0) is 9.59 Å². The molecule has 0 fully saturated rings. The van der Waals surface area contributed by atoms with Gasteiger partial charge < -0.3 is 10.2 Å². The molecule has 0 atom stereocenters. The Hall–Kier alpha value is -1.06. The van der Waals surface area contributed by atoms with E-state index in [1.54, 1.807) is 0 Å². The van der Waals surface area contributed by atoms with Crippen molar-refractivity contribution in [3.63, 3.8) is 0 Å². The molecule has 0 unspecified atom stereocenters. The summed E-state index contributed by atoms with van der Waals surface area (Å²) < 4.78 is 0. The van der Waals surface area contributed by atoms with E-state index in [0.717, 1.165) is 83.5 Å². The van der Waals surface area contributed by atoms with E-state index in [0.29, 0.717) is 11.8 Å². The van der Waals surface area contributed by atoms with Crippen LogP contribution in [0.4, 0.5) is 0 Å². The molecule has 0 spiro atoms. The van der Waals surface area contributed by atoms with Crippen molar-refractivity contribution in [1.82, 2.24) is 0 Å². The molecule has 0 aromatic rings. The Bertz CT molecular complexity index is 569. The lowest BCUT2D eigenvalue weighted by Gasteiger charge is -2.51. The van der Waals surface area contributed by atoms with Gasteiger partial charge in [0.2, 0.25) is 0 Å². The highest BCUT2D eigenvalue weighted by Gasteiger charge is 2.54. The van der Waals surface area contributed by atoms with E-state index in [2.05, 4.69) is 41.5 Å². The topological polar surface area (TPSA) is 74.6 Å². The maximum Gasteiger partial charge on any atom is 0.310 e. The second-order valence-electron chi connectivity index (χ2n) is 13.2. The summed E-state index contributed by atoms with van der Waals surface area (Å²) in [6, 6.07) is 0. The molecule has 0 amide bonds. The molecule has 0 heterocycles. The first-order valence-electron chi connectivity index (χ1n) is 16.5. The van der Waals surface area contributed by atoms with E-state index < -0.39 is 17.4 Å². The summed E-state index contributed by atoms with van der Waals surface area (Å²) in [6.07, 6.45) is 22.6. The Morgan fingerprint density at radius 2 is 0.921 bits per heavy atom. The summed E-state index contributed by atoms with van der Waals surface area (Å²) in [5.74, 6) is -0.365. The van der Waals surface area contributed by atoms with Crippen LogP contribution in [0.15, 0.2) is 0 Å². The molecule has 38 heavy (non-hydrogen) atoms. The van der Waals surface area contributed by atoms with Crippen LogP contribution in [0.25, 0.3) is 0 Å². The van der Waals surface area contributed by atoms with Gasteiger partial charge in [0.05, 0.1) is 5.41 Å². The van der Waals surface area contributed by atoms with Crippen LogP contribution in [-0.4, -0.2) is 22.2 Å². The first-order chi connectivity index (χ1) is 18.1. The third kappa shape index (κ3) is 14.9. The SMILES string of the molecule is CCCCCCCCC(CCCCCCCC)(C(=O)O)C(CCCCCCC(=O)O)(CC(C)C)CC(C)C. The molecular formula is C34H66O4. The average Bonchev–Trinajstić information content (AvgIpc) is 2.82. The van der Waals surface area contributed by atoms with E-state index in [9.17, 15) is 14.7 Å². The molecule has 0 aromatic carbocycles. The Kier molecular flexibility index (Phi) is 21.1. The molecule has 226 valence electrons. The highest BCUT2D eigenvalue weighted by atomic mass is 16.4. The smallest absolute Gasteiger partial charge is 0.310 e. The van der Waals surface area contributed by atoms with Crippen LogP contribution in [0, 0.1) is 22.7 Å². The third-order valence-electron chi connectivity index (χ3n) is 8.73. The van der Waals surface area contributed by atoms with E-state index in [4.69, 9.17) is 5.11 Å². The van der Waals surface area contributed by atoms with Gasteiger partial charge in [-0.1, -0.05) is 138 Å². The highest BCUT2D eigenvalue weighted by molar-refractivity contribution is 5.76. The normalized spacial score (nSPS) is 12.5. The molecule has 2 N–H and O–H groups in total. The van der Waals surface area contributed by atoms with Crippen molar-refractivity contribution in [2.45, 2.75) is 183 Å². The zero-order valence-electron chi connectivity index (χ0n) is 26.4. The molecule has 0 saturated heterocycles. The number of carboxylic acid groups (broad SMARTS) is 2. The van der Waals surface area contributed by atoms with Gasteiger partial charge in [-0.2, -0.15) is 0 Å². The zero-order chi connectivity index (χ0) is 28.9. The van der Waals surface area contributed by atoms with Crippen LogP contribution < -0.4 is 0 Å². The van der Waals surface area contributed by atoms with E-state index in [1.807, 2.05) is 0 Å². The number of rotatable bonds is 27. The van der Waals surface area contributed by atoms with Gasteiger partial charge in [0.1, 0.15) is 0 Å². The lowest BCUT2D eigenvalue weighted by atomic mass is 9.52. The lowest BCUT2D eigenvalue weighted by molar-refractivity contribution is -0.165. The number of hydrogen-bond acceptors (Lipinski definition) is 2. The quantitative estimate of drug-likeness (QED) is 0.102. The predicted octanol–water partition coefficient (Wildman–Crippen LogP) is 11.1. The minimum absolute atomic E-state index is 0.208. The monoisotopic (exact) mass is 538 g/mol. The van der Waals surface area contributed by atoms with Gasteiger partial charge >= 0.3 is 11.9 Å². The molecule has 4 nitrogen and oxygen atoms in total. The lowest BCUT2D eigenvalue weighted by Crippen LogP contribution is -2.49. The first kappa shape index (κ1) is 36.9. The Labute approximate surface area is 237 Å². The van der Waals surface area contributed by atoms with E-state index in [-0.39, 0.29) is 11.8 Å². The van der Waals surface area contributed by atoms with Gasteiger partial charge in [0.15, 0.2) is 0 Å². The predicted molar refractivity (Wildman–Crippen MR) is 163 cm³/mol. The molecule has 0 saturated carbocycles. The fourth-order valence-corrected chi connectivity index (χ4v) is 7.08. The number of unbranched alkanes of at least 4 members (excludes halogenated alkanes) is 13. The molecule has 0 aromatic heterocycles. The summed E-state index contributed by atoms with van der Waals surface area (Å²) >= 11 is 0. The maximum atomic E-state index is 13.5. The third-order valence-corrected chi connectivity index (χ3v) is 8.73. The standard InChI is InChI=1S/C34H66O4/c1-7-9-11-13-16-21-25-34(32(37)38,26-22-17-14-12-10-8-2)33(27-29(3)4,28-30(5)6)24-20-18-15-19-23-31(35)36/h29-30H,7-28H2,1-6H3,(H,35,36)(H,37,38). The second kappa shape index (κ2) is 21.7. The van der Waals surface area contributed by atoms with E-state index in [1.165, 1.54) is 51.4 Å². The first-order valence-corrected chi connectivity index (χ1v) is 16.5. The second-order valence-corrected chi connectivity index (χ2v) is 13.2. The number of carbonyl (C=O) groups is 2. The Morgan fingerprint density at radius 1 is 0.553 bits per heavy atom. The van der Waals surface area contributed by atoms with Gasteiger partial charge in [-0.25, -0.2) is 0 Å². The summed E-state index contributed by atoms with van der Waals surface area (Å²) in [7, 11) is 0. The summed E-state index contributed by atoms with van der Waals surface area (Å²) in [5.41, 5.74) is -0.876. The van der Waals surface area contributed by atoms with Gasteiger partial charge in [-0.3, -0.25) is 9.59 Å². The van der Waals surface area contributed by atoms with Crippen molar-refractivity contribution in [1.29, 1.82) is 0 Å². The van der Waals surface area contributed by atoms with Gasteiger partial charge in [-0.05, 0) is 55.8 Å². The molecule has 0 rings (SSSR count). The van der Waals surface area contributed by atoms with Crippen molar-refractivity contribution in [3.05, 3.63) is 0 Å². The molecular weight excluding hydrogens is 472 g/mol. The van der Waals surface area contributed by atoms with Gasteiger partial charge in [-0.15, -0.1) is 0 Å². The van der Waals surface area contributed by atoms with Crippen LogP contribution >= 0.6 is 0 Å². The minimum atomic E-state index is -0.721. The number of carboxylic acids is 2. The van der Waals surface area contributed by atoms with E-state index >= 15 is 0 Å². The average molecular weight is 539 g/mol. The van der Waals surface area contributed by atoms with Crippen molar-refractivity contribution in [2.24, 2.45) is 22.7 Å². The summed E-state index contributed by atoms with van der Waals surface area (Å²) in [6.45, 7) is 13.6. The molecule has 0 aliphatic rings. The van der Waals surface area contributed by atoms with Crippen LogP contribution in [0.1, 0.15) is 183 Å². The zero-order valence-corrected chi connectivity index (χ0v) is 26.4. The molecule has 0 aliphatic heterocycles. The van der Waals surface area contributed by atoms with Gasteiger partial charge in [0, 0.05) is 6.42 Å². The number of hydrogen-bond donors (Lipinski definition) is 2. The largest absolute Gasteiger partial charge is 0.481 e. The summed E-state index contributed by atoms with van der Waals surface area (Å²) in [4.78, 5) is 24.5. The fourth-order valence-electron chi connectivity index (χ4n) is 7.08. The maximum absolute atomic E-state index is 13.5. The minimum Gasteiger partial charge on any atom is -0.481 e. The fraction of sp³-hybridized carbons (Fsp3) is 0.941. The molecule has 0 radical (unpaired) electrons. The number of aliphatic carboxylic acids is 2. The molecule has 4 heteroatoms. The molecule has 0 bridgehead atoms. The molecule has 0 aliphatic carbocycles. The van der Waals surface area contributed by atoms with Crippen molar-refractivity contribution < 1.29 is 19.8 Å². The van der Waals surface area contributed by atoms with Crippen LogP contribution in [0.3, 0.4) is 0 Å².